The molecule has 0 saturated heterocycles. The van der Waals surface area contributed by atoms with Gasteiger partial charge in [-0.3, -0.25) is 4.79 Å². The van der Waals surface area contributed by atoms with E-state index < -0.39 is 17.7 Å². The van der Waals surface area contributed by atoms with E-state index in [2.05, 4.69) is 23.3 Å². The summed E-state index contributed by atoms with van der Waals surface area (Å²) in [6.07, 6.45) is -0.581. The van der Waals surface area contributed by atoms with Crippen LogP contribution in [-0.4, -0.2) is 35.9 Å². The van der Waals surface area contributed by atoms with Crippen LogP contribution in [0.3, 0.4) is 0 Å². The number of rotatable bonds is 5. The Morgan fingerprint density at radius 3 is 2.22 bits per heavy atom. The van der Waals surface area contributed by atoms with E-state index in [0.717, 1.165) is 0 Å². The average Bonchev–Trinajstić information content (AvgIpc) is 2.19. The normalized spacial score (nSPS) is 13.1. The van der Waals surface area contributed by atoms with Gasteiger partial charge in [-0.1, -0.05) is 13.8 Å². The summed E-state index contributed by atoms with van der Waals surface area (Å²) in [7, 11) is 0. The van der Waals surface area contributed by atoms with Crippen molar-refractivity contribution in [3.05, 3.63) is 0 Å². The molecule has 0 aliphatic heterocycles. The molecule has 0 heterocycles. The van der Waals surface area contributed by atoms with Crippen molar-refractivity contribution in [1.82, 2.24) is 10.6 Å². The lowest BCUT2D eigenvalue weighted by molar-refractivity contribution is -0.124. The van der Waals surface area contributed by atoms with Crippen molar-refractivity contribution in [3.8, 4) is 0 Å². The molecule has 0 aliphatic carbocycles. The predicted octanol–water partition coefficient (Wildman–Crippen LogP) is 1.58. The third-order valence-corrected chi connectivity index (χ3v) is 2.26. The summed E-state index contributed by atoms with van der Waals surface area (Å²) in [5.41, 5.74) is -0.576. The van der Waals surface area contributed by atoms with Gasteiger partial charge >= 0.3 is 6.09 Å². The van der Waals surface area contributed by atoms with E-state index >= 15 is 0 Å². The van der Waals surface area contributed by atoms with Crippen molar-refractivity contribution < 1.29 is 14.3 Å². The first kappa shape index (κ1) is 17.1. The van der Waals surface area contributed by atoms with E-state index in [1.165, 1.54) is 0 Å². The summed E-state index contributed by atoms with van der Waals surface area (Å²) >= 11 is 4.01. The van der Waals surface area contributed by atoms with Gasteiger partial charge in [-0.25, -0.2) is 4.79 Å². The first-order valence-corrected chi connectivity index (χ1v) is 6.68. The summed E-state index contributed by atoms with van der Waals surface area (Å²) in [5.74, 6) is 0.325. The second-order valence-corrected chi connectivity index (χ2v) is 5.83. The standard InChI is InChI=1S/C12H24N2O3S/c1-8(2)9(10(15)13-6-7-18)14-11(16)17-12(3,4)5/h8-9,18H,6-7H2,1-5H3,(H,13,15)(H,14,16)/t9-/m1/s1. The molecule has 0 rings (SSSR count). The molecule has 0 aromatic rings. The molecule has 1 atom stereocenters. The first-order valence-electron chi connectivity index (χ1n) is 6.05. The third-order valence-electron chi connectivity index (χ3n) is 2.03. The van der Waals surface area contributed by atoms with E-state index in [1.54, 1.807) is 20.8 Å². The van der Waals surface area contributed by atoms with Gasteiger partial charge in [0.05, 0.1) is 0 Å². The van der Waals surface area contributed by atoms with Gasteiger partial charge in [0.25, 0.3) is 0 Å². The number of thiol groups is 1. The molecule has 0 aromatic carbocycles. The quantitative estimate of drug-likeness (QED) is 0.668. The Hall–Kier alpha value is -0.910. The second kappa shape index (κ2) is 7.51. The highest BCUT2D eigenvalue weighted by Gasteiger charge is 2.26. The van der Waals surface area contributed by atoms with Gasteiger partial charge < -0.3 is 15.4 Å². The van der Waals surface area contributed by atoms with Crippen molar-refractivity contribution in [3.63, 3.8) is 0 Å². The molecular formula is C12H24N2O3S. The van der Waals surface area contributed by atoms with Gasteiger partial charge in [0.15, 0.2) is 0 Å². The van der Waals surface area contributed by atoms with Crippen LogP contribution in [0, 0.1) is 5.92 Å². The zero-order valence-electron chi connectivity index (χ0n) is 11.7. The predicted molar refractivity (Wildman–Crippen MR) is 74.9 cm³/mol. The van der Waals surface area contributed by atoms with Crippen molar-refractivity contribution in [2.24, 2.45) is 5.92 Å². The molecule has 0 aromatic heterocycles. The molecule has 0 aliphatic rings. The smallest absolute Gasteiger partial charge is 0.408 e. The Morgan fingerprint density at radius 1 is 1.28 bits per heavy atom. The molecule has 0 unspecified atom stereocenters. The number of amides is 2. The first-order chi connectivity index (χ1) is 8.17. The van der Waals surface area contributed by atoms with Gasteiger partial charge in [-0.15, -0.1) is 0 Å². The molecule has 6 heteroatoms. The van der Waals surface area contributed by atoms with E-state index in [4.69, 9.17) is 4.74 Å². The van der Waals surface area contributed by atoms with Crippen molar-refractivity contribution in [2.75, 3.05) is 12.3 Å². The summed E-state index contributed by atoms with van der Waals surface area (Å²) < 4.78 is 5.13. The molecule has 18 heavy (non-hydrogen) atoms. The lowest BCUT2D eigenvalue weighted by Crippen LogP contribution is -2.51. The summed E-state index contributed by atoms with van der Waals surface area (Å²) in [5, 5.41) is 5.28. The Balaban J connectivity index is 4.45. The number of hydrogen-bond acceptors (Lipinski definition) is 4. The highest BCUT2D eigenvalue weighted by molar-refractivity contribution is 7.80. The number of nitrogens with one attached hydrogen (secondary N) is 2. The molecule has 5 nitrogen and oxygen atoms in total. The van der Waals surface area contributed by atoms with Crippen LogP contribution in [0.25, 0.3) is 0 Å². The molecule has 106 valence electrons. The minimum atomic E-state index is -0.597. The number of ether oxygens (including phenoxy) is 1. The van der Waals surface area contributed by atoms with E-state index in [9.17, 15) is 9.59 Å². The monoisotopic (exact) mass is 276 g/mol. The minimum Gasteiger partial charge on any atom is -0.444 e. The molecule has 0 saturated carbocycles. The zero-order chi connectivity index (χ0) is 14.3. The number of carbonyl (C=O) groups excluding carboxylic acids is 2. The molecule has 2 N–H and O–H groups in total. The molecule has 0 fully saturated rings. The number of hydrogen-bond donors (Lipinski definition) is 3. The van der Waals surface area contributed by atoms with Crippen molar-refractivity contribution >= 4 is 24.6 Å². The van der Waals surface area contributed by atoms with E-state index in [0.29, 0.717) is 12.3 Å². The zero-order valence-corrected chi connectivity index (χ0v) is 12.6. The fourth-order valence-corrected chi connectivity index (χ4v) is 1.37. The molecule has 2 amide bonds. The van der Waals surface area contributed by atoms with E-state index in [1.807, 2.05) is 13.8 Å². The molecule has 0 radical (unpaired) electrons. The molecular weight excluding hydrogens is 252 g/mol. The summed E-state index contributed by atoms with van der Waals surface area (Å²) in [6.45, 7) is 9.53. The highest BCUT2D eigenvalue weighted by atomic mass is 32.1. The maximum Gasteiger partial charge on any atom is 0.408 e. The Labute approximate surface area is 114 Å². The molecule has 0 bridgehead atoms. The molecule has 0 spiro atoms. The lowest BCUT2D eigenvalue weighted by Gasteiger charge is -2.25. The van der Waals surface area contributed by atoms with Crippen LogP contribution < -0.4 is 10.6 Å². The maximum absolute atomic E-state index is 11.8. The Morgan fingerprint density at radius 2 is 1.83 bits per heavy atom. The fourth-order valence-electron chi connectivity index (χ4n) is 1.26. The largest absolute Gasteiger partial charge is 0.444 e. The van der Waals surface area contributed by atoms with Crippen molar-refractivity contribution in [1.29, 1.82) is 0 Å². The van der Waals surface area contributed by atoms with Crippen LogP contribution in [0.1, 0.15) is 34.6 Å². The topological polar surface area (TPSA) is 67.4 Å². The van der Waals surface area contributed by atoms with Crippen LogP contribution in [0.15, 0.2) is 0 Å². The number of carbonyl (C=O) groups is 2. The SMILES string of the molecule is CC(C)[C@@H](NC(=O)OC(C)(C)C)C(=O)NCCS. The average molecular weight is 276 g/mol. The van der Waals surface area contributed by atoms with Crippen LogP contribution in [0.4, 0.5) is 4.79 Å². The van der Waals surface area contributed by atoms with Crippen LogP contribution in [-0.2, 0) is 9.53 Å². The van der Waals surface area contributed by atoms with Crippen LogP contribution >= 0.6 is 12.6 Å². The summed E-state index contributed by atoms with van der Waals surface area (Å²) in [4.78, 5) is 23.5. The van der Waals surface area contributed by atoms with Crippen LogP contribution in [0.5, 0.6) is 0 Å². The minimum absolute atomic E-state index is 0.0163. The highest BCUT2D eigenvalue weighted by Crippen LogP contribution is 2.08. The second-order valence-electron chi connectivity index (χ2n) is 5.38. The van der Waals surface area contributed by atoms with E-state index in [-0.39, 0.29) is 11.8 Å². The van der Waals surface area contributed by atoms with Crippen molar-refractivity contribution in [2.45, 2.75) is 46.3 Å². The van der Waals surface area contributed by atoms with Crippen LogP contribution in [0.2, 0.25) is 0 Å². The Kier molecular flexibility index (Phi) is 7.13. The number of alkyl carbamates (subject to hydrolysis) is 1. The van der Waals surface area contributed by atoms with Gasteiger partial charge in [0, 0.05) is 12.3 Å². The van der Waals surface area contributed by atoms with Gasteiger partial charge in [0.1, 0.15) is 11.6 Å². The summed E-state index contributed by atoms with van der Waals surface area (Å²) in [6, 6.07) is -0.597. The Bertz CT molecular complexity index is 288. The fraction of sp³-hybridized carbons (Fsp3) is 0.833. The lowest BCUT2D eigenvalue weighted by atomic mass is 10.0. The van der Waals surface area contributed by atoms with Gasteiger partial charge in [0.2, 0.25) is 5.91 Å². The third kappa shape index (κ3) is 7.42. The van der Waals surface area contributed by atoms with Gasteiger partial charge in [-0.05, 0) is 26.7 Å². The van der Waals surface area contributed by atoms with Gasteiger partial charge in [-0.2, -0.15) is 12.6 Å². The maximum atomic E-state index is 11.8.